The van der Waals surface area contributed by atoms with Crippen molar-refractivity contribution < 1.29 is 4.79 Å². The van der Waals surface area contributed by atoms with E-state index in [1.165, 1.54) is 25.7 Å². The van der Waals surface area contributed by atoms with Crippen LogP contribution in [0.25, 0.3) is 0 Å². The fraction of sp³-hybridized carbons (Fsp3) is 0.929. The monoisotopic (exact) mass is 240 g/mol. The highest BCUT2D eigenvalue weighted by Crippen LogP contribution is 2.37. The van der Waals surface area contributed by atoms with Crippen molar-refractivity contribution in [2.75, 3.05) is 6.54 Å². The van der Waals surface area contributed by atoms with E-state index < -0.39 is 0 Å². The highest BCUT2D eigenvalue weighted by molar-refractivity contribution is 5.81. The molecule has 0 heterocycles. The van der Waals surface area contributed by atoms with Crippen molar-refractivity contribution in [2.24, 2.45) is 23.0 Å². The number of rotatable bonds is 4. The van der Waals surface area contributed by atoms with Gasteiger partial charge in [0.05, 0.1) is 6.04 Å². The summed E-state index contributed by atoms with van der Waals surface area (Å²) in [6.45, 7) is 9.42. The molecule has 1 saturated carbocycles. The Labute approximate surface area is 106 Å². The van der Waals surface area contributed by atoms with E-state index >= 15 is 0 Å². The van der Waals surface area contributed by atoms with E-state index in [-0.39, 0.29) is 17.9 Å². The highest BCUT2D eigenvalue weighted by atomic mass is 16.2. The zero-order valence-corrected chi connectivity index (χ0v) is 11.8. The Hall–Kier alpha value is -0.570. The number of carbonyl (C=O) groups is 1. The lowest BCUT2D eigenvalue weighted by atomic mass is 9.73. The van der Waals surface area contributed by atoms with Crippen molar-refractivity contribution in [1.29, 1.82) is 0 Å². The summed E-state index contributed by atoms with van der Waals surface area (Å²) in [7, 11) is 0. The van der Waals surface area contributed by atoms with Crippen molar-refractivity contribution in [1.82, 2.24) is 5.32 Å². The molecule has 1 aliphatic carbocycles. The van der Waals surface area contributed by atoms with Crippen LogP contribution < -0.4 is 11.1 Å². The second kappa shape index (κ2) is 5.85. The second-order valence-electron chi connectivity index (χ2n) is 6.62. The third-order valence-corrected chi connectivity index (χ3v) is 4.04. The lowest BCUT2D eigenvalue weighted by Gasteiger charge is -2.34. The molecular formula is C14H28N2O. The minimum absolute atomic E-state index is 0.00448. The fourth-order valence-corrected chi connectivity index (χ4v) is 2.33. The molecule has 3 N–H and O–H groups in total. The molecule has 100 valence electrons. The molecule has 0 aromatic rings. The maximum Gasteiger partial charge on any atom is 0.237 e. The van der Waals surface area contributed by atoms with Crippen LogP contribution in [0.1, 0.15) is 53.4 Å². The lowest BCUT2D eigenvalue weighted by molar-refractivity contribution is -0.123. The average molecular weight is 240 g/mol. The van der Waals surface area contributed by atoms with Gasteiger partial charge in [-0.25, -0.2) is 0 Å². The van der Waals surface area contributed by atoms with Crippen molar-refractivity contribution in [2.45, 2.75) is 59.4 Å². The third-order valence-electron chi connectivity index (χ3n) is 4.04. The van der Waals surface area contributed by atoms with Crippen LogP contribution in [0.4, 0.5) is 0 Å². The van der Waals surface area contributed by atoms with Gasteiger partial charge in [0.1, 0.15) is 0 Å². The molecule has 0 aliphatic heterocycles. The van der Waals surface area contributed by atoms with E-state index in [9.17, 15) is 4.79 Å². The van der Waals surface area contributed by atoms with E-state index in [0.29, 0.717) is 11.3 Å². The second-order valence-corrected chi connectivity index (χ2v) is 6.62. The maximum atomic E-state index is 11.7. The summed E-state index contributed by atoms with van der Waals surface area (Å²) in [5.41, 5.74) is 6.30. The molecule has 3 heteroatoms. The standard InChI is InChI=1S/C14H28N2O/c1-10(2)12(15)13(17)16-9-11-5-7-14(3,4)8-6-11/h10-12H,5-9,15H2,1-4H3,(H,16,17)/t12-/m1/s1. The van der Waals surface area contributed by atoms with Crippen LogP contribution in [0, 0.1) is 17.3 Å². The average Bonchev–Trinajstić information content (AvgIpc) is 2.26. The summed E-state index contributed by atoms with van der Waals surface area (Å²) >= 11 is 0. The van der Waals surface area contributed by atoms with Crippen molar-refractivity contribution in [3.05, 3.63) is 0 Å². The highest BCUT2D eigenvalue weighted by Gasteiger charge is 2.27. The van der Waals surface area contributed by atoms with E-state index in [1.54, 1.807) is 0 Å². The van der Waals surface area contributed by atoms with Gasteiger partial charge in [0.2, 0.25) is 5.91 Å². The minimum atomic E-state index is -0.366. The van der Waals surface area contributed by atoms with Gasteiger partial charge >= 0.3 is 0 Å². The Morgan fingerprint density at radius 1 is 1.35 bits per heavy atom. The summed E-state index contributed by atoms with van der Waals surface area (Å²) in [6, 6.07) is -0.366. The van der Waals surface area contributed by atoms with Crippen molar-refractivity contribution >= 4 is 5.91 Å². The van der Waals surface area contributed by atoms with Crippen LogP contribution >= 0.6 is 0 Å². The first kappa shape index (κ1) is 14.5. The number of amides is 1. The van der Waals surface area contributed by atoms with Crippen LogP contribution in [0.2, 0.25) is 0 Å². The molecule has 3 nitrogen and oxygen atoms in total. The Bertz CT molecular complexity index is 251. The summed E-state index contributed by atoms with van der Waals surface area (Å²) in [4.78, 5) is 11.7. The van der Waals surface area contributed by atoms with E-state index in [4.69, 9.17) is 5.73 Å². The summed E-state index contributed by atoms with van der Waals surface area (Å²) in [6.07, 6.45) is 4.99. The lowest BCUT2D eigenvalue weighted by Crippen LogP contribution is -2.45. The summed E-state index contributed by atoms with van der Waals surface area (Å²) in [5.74, 6) is 0.858. The van der Waals surface area contributed by atoms with Gasteiger partial charge in [-0.3, -0.25) is 4.79 Å². The van der Waals surface area contributed by atoms with Gasteiger partial charge in [0.15, 0.2) is 0 Å². The topological polar surface area (TPSA) is 55.1 Å². The third kappa shape index (κ3) is 4.66. The molecule has 1 atom stereocenters. The van der Waals surface area contributed by atoms with Crippen LogP contribution in [-0.4, -0.2) is 18.5 Å². The molecule has 1 amide bonds. The molecule has 1 fully saturated rings. The number of nitrogens with two attached hydrogens (primary N) is 1. The fourth-order valence-electron chi connectivity index (χ4n) is 2.33. The number of hydrogen-bond donors (Lipinski definition) is 2. The molecule has 0 bridgehead atoms. The Kier molecular flexibility index (Phi) is 4.99. The predicted molar refractivity (Wildman–Crippen MR) is 71.6 cm³/mol. The zero-order chi connectivity index (χ0) is 13.1. The molecule has 1 rings (SSSR count). The largest absolute Gasteiger partial charge is 0.354 e. The first-order valence-electron chi connectivity index (χ1n) is 6.85. The first-order chi connectivity index (χ1) is 7.82. The van der Waals surface area contributed by atoms with Crippen LogP contribution in [-0.2, 0) is 4.79 Å². The molecule has 0 aromatic carbocycles. The quantitative estimate of drug-likeness (QED) is 0.792. The summed E-state index contributed by atoms with van der Waals surface area (Å²) < 4.78 is 0. The van der Waals surface area contributed by atoms with Gasteiger partial charge in [-0.1, -0.05) is 27.7 Å². The molecular weight excluding hydrogens is 212 g/mol. The molecule has 0 spiro atoms. The van der Waals surface area contributed by atoms with E-state index in [0.717, 1.165) is 6.54 Å². The smallest absolute Gasteiger partial charge is 0.237 e. The normalized spacial score (nSPS) is 22.5. The molecule has 17 heavy (non-hydrogen) atoms. The van der Waals surface area contributed by atoms with Gasteiger partial charge in [-0.2, -0.15) is 0 Å². The number of nitrogens with one attached hydrogen (secondary N) is 1. The summed E-state index contributed by atoms with van der Waals surface area (Å²) in [5, 5.41) is 3.00. The van der Waals surface area contributed by atoms with Gasteiger partial charge in [0, 0.05) is 6.54 Å². The number of carbonyl (C=O) groups excluding carboxylic acids is 1. The van der Waals surface area contributed by atoms with E-state index in [1.807, 2.05) is 13.8 Å². The molecule has 0 aromatic heterocycles. The van der Waals surface area contributed by atoms with E-state index in [2.05, 4.69) is 19.2 Å². The van der Waals surface area contributed by atoms with Gasteiger partial charge in [-0.15, -0.1) is 0 Å². The van der Waals surface area contributed by atoms with Gasteiger partial charge in [-0.05, 0) is 42.9 Å². The van der Waals surface area contributed by atoms with Crippen molar-refractivity contribution in [3.8, 4) is 0 Å². The predicted octanol–water partition coefficient (Wildman–Crippen LogP) is 2.30. The molecule has 0 radical (unpaired) electrons. The van der Waals surface area contributed by atoms with Crippen LogP contribution in [0.15, 0.2) is 0 Å². The SMILES string of the molecule is CC(C)[C@@H](N)C(=O)NCC1CCC(C)(C)CC1. The molecule has 0 unspecified atom stereocenters. The van der Waals surface area contributed by atoms with Crippen molar-refractivity contribution in [3.63, 3.8) is 0 Å². The molecule has 1 aliphatic rings. The maximum absolute atomic E-state index is 11.7. The zero-order valence-electron chi connectivity index (χ0n) is 11.8. The Morgan fingerprint density at radius 3 is 2.35 bits per heavy atom. The Morgan fingerprint density at radius 2 is 1.88 bits per heavy atom. The van der Waals surface area contributed by atoms with Gasteiger partial charge < -0.3 is 11.1 Å². The minimum Gasteiger partial charge on any atom is -0.354 e. The van der Waals surface area contributed by atoms with Crippen LogP contribution in [0.5, 0.6) is 0 Å². The first-order valence-corrected chi connectivity index (χ1v) is 6.85. The van der Waals surface area contributed by atoms with Crippen LogP contribution in [0.3, 0.4) is 0 Å². The molecule has 0 saturated heterocycles. The number of hydrogen-bond acceptors (Lipinski definition) is 2. The Balaban J connectivity index is 2.26. The van der Waals surface area contributed by atoms with Gasteiger partial charge in [0.25, 0.3) is 0 Å².